The minimum absolute atomic E-state index is 0.497. The van der Waals surface area contributed by atoms with Crippen LogP contribution in [-0.4, -0.2) is 26.4 Å². The van der Waals surface area contributed by atoms with Gasteiger partial charge in [0, 0.05) is 14.2 Å². The van der Waals surface area contributed by atoms with Crippen LogP contribution in [0.2, 0.25) is 0 Å². The number of rotatable bonds is 3. The second kappa shape index (κ2) is 6.38. The molecule has 0 aromatic rings. The van der Waals surface area contributed by atoms with Crippen LogP contribution in [0, 0.1) is 23.7 Å². The van der Waals surface area contributed by atoms with Crippen molar-refractivity contribution >= 4 is 0 Å². The molecule has 0 amide bonds. The van der Waals surface area contributed by atoms with E-state index >= 15 is 0 Å². The molecule has 0 aromatic carbocycles. The van der Waals surface area contributed by atoms with E-state index in [0.717, 1.165) is 23.7 Å². The molecule has 0 radical (unpaired) electrons. The molecule has 2 aliphatic rings. The molecule has 2 saturated carbocycles. The van der Waals surface area contributed by atoms with E-state index in [9.17, 15) is 0 Å². The van der Waals surface area contributed by atoms with E-state index in [2.05, 4.69) is 13.8 Å². The Kier molecular flexibility index (Phi) is 5.08. The Morgan fingerprint density at radius 2 is 1.00 bits per heavy atom. The lowest BCUT2D eigenvalue weighted by atomic mass is 9.67. The largest absolute Gasteiger partial charge is 0.381 e. The average molecular weight is 254 g/mol. The van der Waals surface area contributed by atoms with Gasteiger partial charge in [-0.15, -0.1) is 0 Å². The number of ether oxygens (including phenoxy) is 2. The lowest BCUT2D eigenvalue weighted by Crippen LogP contribution is -2.36. The third-order valence-corrected chi connectivity index (χ3v) is 5.21. The predicted molar refractivity (Wildman–Crippen MR) is 74.6 cm³/mol. The highest BCUT2D eigenvalue weighted by atomic mass is 16.5. The van der Waals surface area contributed by atoms with E-state index in [0.29, 0.717) is 12.2 Å². The molecular weight excluding hydrogens is 224 g/mol. The van der Waals surface area contributed by atoms with Gasteiger partial charge in [0.1, 0.15) is 0 Å². The molecule has 0 heterocycles. The monoisotopic (exact) mass is 254 g/mol. The van der Waals surface area contributed by atoms with Crippen LogP contribution in [0.3, 0.4) is 0 Å². The standard InChI is InChI=1S/C16H30O2/c1-11-5-13(9-15(7-11)17-3)14-6-12(2)8-16(10-14)18-4/h11-16H,5-10H2,1-4H3. The van der Waals surface area contributed by atoms with Crippen molar-refractivity contribution in [2.75, 3.05) is 14.2 Å². The van der Waals surface area contributed by atoms with Crippen LogP contribution < -0.4 is 0 Å². The van der Waals surface area contributed by atoms with Gasteiger partial charge in [-0.2, -0.15) is 0 Å². The first kappa shape index (κ1) is 14.3. The number of hydrogen-bond acceptors (Lipinski definition) is 2. The summed E-state index contributed by atoms with van der Waals surface area (Å²) in [5, 5.41) is 0. The van der Waals surface area contributed by atoms with Crippen molar-refractivity contribution < 1.29 is 9.47 Å². The zero-order chi connectivity index (χ0) is 13.1. The Hall–Kier alpha value is -0.0800. The van der Waals surface area contributed by atoms with Crippen LogP contribution in [0.1, 0.15) is 52.4 Å². The highest BCUT2D eigenvalue weighted by molar-refractivity contribution is 4.87. The molecule has 0 bridgehead atoms. The van der Waals surface area contributed by atoms with Crippen LogP contribution >= 0.6 is 0 Å². The topological polar surface area (TPSA) is 18.5 Å². The van der Waals surface area contributed by atoms with E-state index < -0.39 is 0 Å². The minimum Gasteiger partial charge on any atom is -0.381 e. The van der Waals surface area contributed by atoms with Crippen LogP contribution in [0.25, 0.3) is 0 Å². The number of methoxy groups -OCH3 is 2. The van der Waals surface area contributed by atoms with Gasteiger partial charge in [-0.3, -0.25) is 0 Å². The van der Waals surface area contributed by atoms with Crippen molar-refractivity contribution in [3.8, 4) is 0 Å². The smallest absolute Gasteiger partial charge is 0.0576 e. The molecule has 0 aliphatic heterocycles. The highest BCUT2D eigenvalue weighted by Gasteiger charge is 2.36. The molecule has 6 atom stereocenters. The van der Waals surface area contributed by atoms with Crippen molar-refractivity contribution in [2.24, 2.45) is 23.7 Å². The first-order valence-corrected chi connectivity index (χ1v) is 7.67. The summed E-state index contributed by atoms with van der Waals surface area (Å²) in [5.74, 6) is 3.37. The lowest BCUT2D eigenvalue weighted by Gasteiger charge is -2.42. The van der Waals surface area contributed by atoms with Crippen molar-refractivity contribution in [2.45, 2.75) is 64.6 Å². The molecule has 6 unspecified atom stereocenters. The molecule has 2 heteroatoms. The fraction of sp³-hybridized carbons (Fsp3) is 1.00. The first-order chi connectivity index (χ1) is 8.62. The van der Waals surface area contributed by atoms with Crippen molar-refractivity contribution in [3.63, 3.8) is 0 Å². The molecule has 106 valence electrons. The van der Waals surface area contributed by atoms with E-state index in [1.807, 2.05) is 14.2 Å². The van der Waals surface area contributed by atoms with Crippen molar-refractivity contribution in [3.05, 3.63) is 0 Å². The molecule has 2 fully saturated rings. The van der Waals surface area contributed by atoms with E-state index in [1.165, 1.54) is 38.5 Å². The maximum Gasteiger partial charge on any atom is 0.0576 e. The van der Waals surface area contributed by atoms with Crippen LogP contribution in [0.4, 0.5) is 0 Å². The van der Waals surface area contributed by atoms with E-state index in [-0.39, 0.29) is 0 Å². The predicted octanol–water partition coefficient (Wildman–Crippen LogP) is 3.89. The van der Waals surface area contributed by atoms with Gasteiger partial charge in [-0.05, 0) is 62.2 Å². The van der Waals surface area contributed by atoms with E-state index in [1.54, 1.807) is 0 Å². The van der Waals surface area contributed by atoms with Crippen molar-refractivity contribution in [1.82, 2.24) is 0 Å². The quantitative estimate of drug-likeness (QED) is 0.760. The Bertz CT molecular complexity index is 227. The summed E-state index contributed by atoms with van der Waals surface area (Å²) in [6, 6.07) is 0. The van der Waals surface area contributed by atoms with Gasteiger partial charge in [0.2, 0.25) is 0 Å². The zero-order valence-electron chi connectivity index (χ0n) is 12.5. The summed E-state index contributed by atoms with van der Waals surface area (Å²) in [4.78, 5) is 0. The first-order valence-electron chi connectivity index (χ1n) is 7.67. The fourth-order valence-electron chi connectivity index (χ4n) is 4.34. The van der Waals surface area contributed by atoms with Crippen LogP contribution in [0.15, 0.2) is 0 Å². The molecule has 0 aromatic heterocycles. The minimum atomic E-state index is 0.497. The molecule has 2 aliphatic carbocycles. The summed E-state index contributed by atoms with van der Waals surface area (Å²) < 4.78 is 11.3. The van der Waals surface area contributed by atoms with Gasteiger partial charge >= 0.3 is 0 Å². The summed E-state index contributed by atoms with van der Waals surface area (Å²) >= 11 is 0. The summed E-state index contributed by atoms with van der Waals surface area (Å²) in [6.07, 6.45) is 8.84. The maximum atomic E-state index is 5.63. The molecule has 0 saturated heterocycles. The van der Waals surface area contributed by atoms with Gasteiger partial charge < -0.3 is 9.47 Å². The average Bonchev–Trinajstić information content (AvgIpc) is 2.37. The Morgan fingerprint density at radius 3 is 1.33 bits per heavy atom. The van der Waals surface area contributed by atoms with Gasteiger partial charge in [0.15, 0.2) is 0 Å². The van der Waals surface area contributed by atoms with Gasteiger partial charge in [0.05, 0.1) is 12.2 Å². The number of hydrogen-bond donors (Lipinski definition) is 0. The second-order valence-corrected chi connectivity index (χ2v) is 6.86. The maximum absolute atomic E-state index is 5.63. The summed E-state index contributed by atoms with van der Waals surface area (Å²) in [5.41, 5.74) is 0. The van der Waals surface area contributed by atoms with Gasteiger partial charge in [-0.25, -0.2) is 0 Å². The molecule has 2 rings (SSSR count). The fourth-order valence-corrected chi connectivity index (χ4v) is 4.34. The highest BCUT2D eigenvalue weighted by Crippen LogP contribution is 2.42. The SMILES string of the molecule is COC1CC(C)CC(C2CC(C)CC(OC)C2)C1. The molecular formula is C16H30O2. The molecule has 18 heavy (non-hydrogen) atoms. The van der Waals surface area contributed by atoms with Crippen molar-refractivity contribution in [1.29, 1.82) is 0 Å². The zero-order valence-corrected chi connectivity index (χ0v) is 12.5. The summed E-state index contributed by atoms with van der Waals surface area (Å²) in [6.45, 7) is 4.77. The normalized spacial score (nSPS) is 46.0. The Labute approximate surface area is 112 Å². The molecule has 0 N–H and O–H groups in total. The lowest BCUT2D eigenvalue weighted by molar-refractivity contribution is -0.0215. The third kappa shape index (κ3) is 3.48. The van der Waals surface area contributed by atoms with E-state index in [4.69, 9.17) is 9.47 Å². The van der Waals surface area contributed by atoms with Gasteiger partial charge in [-0.1, -0.05) is 13.8 Å². The van der Waals surface area contributed by atoms with Gasteiger partial charge in [0.25, 0.3) is 0 Å². The van der Waals surface area contributed by atoms with Crippen LogP contribution in [-0.2, 0) is 9.47 Å². The second-order valence-electron chi connectivity index (χ2n) is 6.86. The molecule has 0 spiro atoms. The Balaban J connectivity index is 1.96. The third-order valence-electron chi connectivity index (χ3n) is 5.21. The molecule has 2 nitrogen and oxygen atoms in total. The Morgan fingerprint density at radius 1 is 0.611 bits per heavy atom. The summed E-state index contributed by atoms with van der Waals surface area (Å²) in [7, 11) is 3.75. The van der Waals surface area contributed by atoms with Crippen LogP contribution in [0.5, 0.6) is 0 Å².